The topological polar surface area (TPSA) is 70.4 Å². The number of hydrogen-bond donors (Lipinski definition) is 2. The van der Waals surface area contributed by atoms with Gasteiger partial charge in [0.25, 0.3) is 0 Å². The number of aliphatic carboxylic acids is 1. The molecule has 0 bridgehead atoms. The number of carboxylic acid groups (broad SMARTS) is 1. The number of hydrogen-bond acceptors (Lipinski definition) is 5. The molecule has 0 aromatic carbocycles. The minimum absolute atomic E-state index is 0.0528. The summed E-state index contributed by atoms with van der Waals surface area (Å²) in [5, 5.41) is 22.4. The van der Waals surface area contributed by atoms with Crippen LogP contribution >= 0.6 is 22.7 Å². The van der Waals surface area contributed by atoms with Gasteiger partial charge in [-0.1, -0.05) is 6.07 Å². The van der Waals surface area contributed by atoms with E-state index < -0.39 is 12.1 Å². The third kappa shape index (κ3) is 2.46. The van der Waals surface area contributed by atoms with Gasteiger partial charge in [0.05, 0.1) is 10.6 Å². The second kappa shape index (κ2) is 4.73. The van der Waals surface area contributed by atoms with E-state index in [1.54, 1.807) is 16.7 Å². The lowest BCUT2D eigenvalue weighted by Gasteiger charge is -2.00. The number of rotatable bonds is 4. The van der Waals surface area contributed by atoms with Crippen LogP contribution in [0.5, 0.6) is 0 Å². The van der Waals surface area contributed by atoms with Crippen molar-refractivity contribution >= 4 is 28.6 Å². The van der Waals surface area contributed by atoms with E-state index >= 15 is 0 Å². The summed E-state index contributed by atoms with van der Waals surface area (Å²) in [6.07, 6.45) is -1.32. The highest BCUT2D eigenvalue weighted by atomic mass is 32.1. The fraction of sp³-hybridized carbons (Fsp3) is 0.200. The molecule has 84 valence electrons. The van der Waals surface area contributed by atoms with E-state index in [0.29, 0.717) is 5.69 Å². The molecular weight excluding hydrogens is 246 g/mol. The molecule has 2 N–H and O–H groups in total. The Morgan fingerprint density at radius 3 is 2.94 bits per heavy atom. The Bertz CT molecular complexity index is 478. The molecule has 0 aliphatic rings. The zero-order valence-corrected chi connectivity index (χ0v) is 9.79. The average Bonchev–Trinajstić information content (AvgIpc) is 2.85. The molecule has 2 heterocycles. The number of carboxylic acids is 1. The molecule has 0 unspecified atom stereocenters. The molecule has 0 aliphatic carbocycles. The molecule has 2 aromatic heterocycles. The summed E-state index contributed by atoms with van der Waals surface area (Å²) in [5.74, 6) is -1.22. The summed E-state index contributed by atoms with van der Waals surface area (Å²) < 4.78 is 0. The molecule has 4 nitrogen and oxygen atoms in total. The Kier molecular flexibility index (Phi) is 3.33. The average molecular weight is 255 g/mol. The van der Waals surface area contributed by atoms with Crippen molar-refractivity contribution in [2.24, 2.45) is 0 Å². The van der Waals surface area contributed by atoms with E-state index in [1.807, 2.05) is 17.5 Å². The number of nitrogens with zero attached hydrogens (tertiary/aromatic N) is 1. The second-order valence-electron chi connectivity index (χ2n) is 3.18. The van der Waals surface area contributed by atoms with E-state index in [1.165, 1.54) is 11.3 Å². The quantitative estimate of drug-likeness (QED) is 0.874. The van der Waals surface area contributed by atoms with Crippen LogP contribution in [0.4, 0.5) is 0 Å². The molecule has 0 aliphatic heterocycles. The molecule has 0 saturated heterocycles. The van der Waals surface area contributed by atoms with Crippen LogP contribution in [0.15, 0.2) is 22.9 Å². The van der Waals surface area contributed by atoms with Gasteiger partial charge >= 0.3 is 5.97 Å². The molecule has 16 heavy (non-hydrogen) atoms. The maximum absolute atomic E-state index is 10.5. The molecule has 0 radical (unpaired) electrons. The summed E-state index contributed by atoms with van der Waals surface area (Å²) in [4.78, 5) is 15.8. The normalized spacial score (nSPS) is 12.6. The van der Waals surface area contributed by atoms with Crippen LogP contribution in [0.1, 0.15) is 5.69 Å². The molecular formula is C10H9NO3S2. The van der Waals surface area contributed by atoms with E-state index in [0.717, 1.165) is 9.88 Å². The van der Waals surface area contributed by atoms with Gasteiger partial charge in [-0.05, 0) is 11.4 Å². The molecule has 0 saturated carbocycles. The number of thiophene rings is 1. The van der Waals surface area contributed by atoms with Crippen molar-refractivity contribution in [3.05, 3.63) is 28.6 Å². The van der Waals surface area contributed by atoms with Crippen molar-refractivity contribution in [2.45, 2.75) is 12.5 Å². The summed E-state index contributed by atoms with van der Waals surface area (Å²) in [6.45, 7) is 0. The van der Waals surface area contributed by atoms with E-state index in [2.05, 4.69) is 4.98 Å². The van der Waals surface area contributed by atoms with Gasteiger partial charge in [0, 0.05) is 11.8 Å². The molecule has 2 rings (SSSR count). The number of thiazole rings is 1. The minimum Gasteiger partial charge on any atom is -0.479 e. The minimum atomic E-state index is -1.38. The fourth-order valence-electron chi connectivity index (χ4n) is 1.20. The first-order valence-electron chi connectivity index (χ1n) is 4.56. The first-order valence-corrected chi connectivity index (χ1v) is 6.32. The zero-order chi connectivity index (χ0) is 11.5. The van der Waals surface area contributed by atoms with E-state index in [-0.39, 0.29) is 6.42 Å². The lowest BCUT2D eigenvalue weighted by molar-refractivity contribution is -0.146. The number of aliphatic hydroxyl groups excluding tert-OH is 1. The van der Waals surface area contributed by atoms with Gasteiger partial charge in [-0.3, -0.25) is 0 Å². The van der Waals surface area contributed by atoms with Crippen molar-refractivity contribution < 1.29 is 15.0 Å². The number of aromatic nitrogens is 1. The molecule has 6 heteroatoms. The summed E-state index contributed by atoms with van der Waals surface area (Å²) in [6, 6.07) is 3.90. The van der Waals surface area contributed by atoms with Crippen molar-refractivity contribution in [3.8, 4) is 9.88 Å². The zero-order valence-electron chi connectivity index (χ0n) is 8.16. The van der Waals surface area contributed by atoms with Gasteiger partial charge < -0.3 is 10.2 Å². The largest absolute Gasteiger partial charge is 0.479 e. The van der Waals surface area contributed by atoms with Crippen molar-refractivity contribution in [2.75, 3.05) is 0 Å². The van der Waals surface area contributed by atoms with Crippen molar-refractivity contribution in [1.82, 2.24) is 4.98 Å². The molecule has 0 fully saturated rings. The standard InChI is InChI=1S/C10H9NO3S2/c12-7(10(13)14)4-6-5-16-9(11-6)8-2-1-3-15-8/h1-3,5,7,12H,4H2,(H,13,14)/t7-/m0/s1. The predicted molar refractivity (Wildman–Crippen MR) is 62.8 cm³/mol. The van der Waals surface area contributed by atoms with E-state index in [4.69, 9.17) is 5.11 Å². The Labute approximate surface area is 99.8 Å². The maximum Gasteiger partial charge on any atom is 0.332 e. The van der Waals surface area contributed by atoms with Gasteiger partial charge in [-0.2, -0.15) is 0 Å². The summed E-state index contributed by atoms with van der Waals surface area (Å²) in [7, 11) is 0. The highest BCUT2D eigenvalue weighted by molar-refractivity contribution is 7.20. The molecule has 2 aromatic rings. The lowest BCUT2D eigenvalue weighted by Crippen LogP contribution is -2.22. The van der Waals surface area contributed by atoms with Gasteiger partial charge in [0.15, 0.2) is 6.10 Å². The van der Waals surface area contributed by atoms with Crippen LogP contribution in [0.25, 0.3) is 9.88 Å². The number of aliphatic hydroxyl groups is 1. The first kappa shape index (κ1) is 11.3. The first-order chi connectivity index (χ1) is 7.66. The molecule has 0 amide bonds. The van der Waals surface area contributed by atoms with Crippen LogP contribution in [-0.4, -0.2) is 27.3 Å². The van der Waals surface area contributed by atoms with Crippen molar-refractivity contribution in [3.63, 3.8) is 0 Å². The molecule has 0 spiro atoms. The van der Waals surface area contributed by atoms with Crippen LogP contribution < -0.4 is 0 Å². The van der Waals surface area contributed by atoms with Gasteiger partial charge in [-0.25, -0.2) is 9.78 Å². The Balaban J connectivity index is 2.11. The lowest BCUT2D eigenvalue weighted by atomic mass is 10.2. The van der Waals surface area contributed by atoms with Crippen LogP contribution in [0.2, 0.25) is 0 Å². The smallest absolute Gasteiger partial charge is 0.332 e. The maximum atomic E-state index is 10.5. The summed E-state index contributed by atoms with van der Waals surface area (Å²) >= 11 is 3.04. The van der Waals surface area contributed by atoms with Crippen molar-refractivity contribution in [1.29, 1.82) is 0 Å². The number of carbonyl (C=O) groups is 1. The highest BCUT2D eigenvalue weighted by Crippen LogP contribution is 2.28. The van der Waals surface area contributed by atoms with E-state index in [9.17, 15) is 9.90 Å². The Morgan fingerprint density at radius 1 is 1.50 bits per heavy atom. The van der Waals surface area contributed by atoms with Crippen LogP contribution in [-0.2, 0) is 11.2 Å². The SMILES string of the molecule is O=C(O)[C@@H](O)Cc1csc(-c2cccs2)n1. The monoisotopic (exact) mass is 255 g/mol. The van der Waals surface area contributed by atoms with Gasteiger partial charge in [-0.15, -0.1) is 22.7 Å². The summed E-state index contributed by atoms with van der Waals surface area (Å²) in [5.41, 5.74) is 0.614. The second-order valence-corrected chi connectivity index (χ2v) is 4.99. The third-order valence-electron chi connectivity index (χ3n) is 1.97. The van der Waals surface area contributed by atoms with Gasteiger partial charge in [0.2, 0.25) is 0 Å². The van der Waals surface area contributed by atoms with Crippen LogP contribution in [0, 0.1) is 0 Å². The molecule has 1 atom stereocenters. The Hall–Kier alpha value is -1.24. The van der Waals surface area contributed by atoms with Gasteiger partial charge in [0.1, 0.15) is 5.01 Å². The Morgan fingerprint density at radius 2 is 2.31 bits per heavy atom. The predicted octanol–water partition coefficient (Wildman–Crippen LogP) is 1.86. The highest BCUT2D eigenvalue weighted by Gasteiger charge is 2.16. The fourth-order valence-corrected chi connectivity index (χ4v) is 2.85. The third-order valence-corrected chi connectivity index (χ3v) is 3.90. The van der Waals surface area contributed by atoms with Crippen LogP contribution in [0.3, 0.4) is 0 Å².